The maximum absolute atomic E-state index is 3.96. The van der Waals surface area contributed by atoms with Gasteiger partial charge < -0.3 is 0 Å². The predicted molar refractivity (Wildman–Crippen MR) is 51.3 cm³/mol. The van der Waals surface area contributed by atoms with E-state index in [9.17, 15) is 0 Å². The van der Waals surface area contributed by atoms with E-state index in [1.54, 1.807) is 5.41 Å². The largest absolute Gasteiger partial charge is 0.151 e. The normalized spacial score (nSPS) is 13.5. The summed E-state index contributed by atoms with van der Waals surface area (Å²) in [6.07, 6.45) is 5.24. The zero-order chi connectivity index (χ0) is 7.98. The van der Waals surface area contributed by atoms with Crippen LogP contribution >= 0.6 is 12.6 Å². The Morgan fingerprint density at radius 3 is 2.50 bits per heavy atom. The fraction of sp³-hybridized carbons (Fsp3) is 0.556. The van der Waals surface area contributed by atoms with Crippen molar-refractivity contribution in [3.05, 3.63) is 23.1 Å². The van der Waals surface area contributed by atoms with Gasteiger partial charge in [-0.05, 0) is 24.7 Å². The van der Waals surface area contributed by atoms with Crippen LogP contribution in [0.5, 0.6) is 0 Å². The van der Waals surface area contributed by atoms with E-state index in [1.165, 1.54) is 12.0 Å². The molecule has 0 rings (SSSR count). The second-order valence-electron chi connectivity index (χ2n) is 2.95. The van der Waals surface area contributed by atoms with E-state index >= 15 is 0 Å². The van der Waals surface area contributed by atoms with Crippen LogP contribution in [0.15, 0.2) is 23.1 Å². The smallest absolute Gasteiger partial charge is 0.0297 e. The van der Waals surface area contributed by atoms with E-state index in [0.29, 0.717) is 0 Å². The molecule has 0 heterocycles. The van der Waals surface area contributed by atoms with Gasteiger partial charge in [-0.2, -0.15) is 12.6 Å². The topological polar surface area (TPSA) is 0 Å². The summed E-state index contributed by atoms with van der Waals surface area (Å²) in [5, 5.41) is 1.75. The van der Waals surface area contributed by atoms with Crippen molar-refractivity contribution in [3.8, 4) is 0 Å². The van der Waals surface area contributed by atoms with E-state index in [-0.39, 0.29) is 0 Å². The van der Waals surface area contributed by atoms with Crippen LogP contribution in [0.3, 0.4) is 0 Å². The lowest BCUT2D eigenvalue weighted by molar-refractivity contribution is 0.642. The molecule has 0 saturated heterocycles. The van der Waals surface area contributed by atoms with Crippen molar-refractivity contribution >= 4 is 12.6 Å². The minimum atomic E-state index is 0.754. The second kappa shape index (κ2) is 5.60. The van der Waals surface area contributed by atoms with Crippen LogP contribution in [0.2, 0.25) is 0 Å². The quantitative estimate of drug-likeness (QED) is 0.470. The van der Waals surface area contributed by atoms with Crippen LogP contribution in [0.1, 0.15) is 27.2 Å². The Kier molecular flexibility index (Phi) is 5.51. The maximum Gasteiger partial charge on any atom is -0.0297 e. The summed E-state index contributed by atoms with van der Waals surface area (Å²) in [5.74, 6) is 0.754. The Labute approximate surface area is 69.4 Å². The Hall–Kier alpha value is -0.170. The van der Waals surface area contributed by atoms with Gasteiger partial charge in [0, 0.05) is 0 Å². The first-order valence-corrected chi connectivity index (χ1v) is 4.15. The summed E-state index contributed by atoms with van der Waals surface area (Å²) in [7, 11) is 0. The Morgan fingerprint density at radius 1 is 1.50 bits per heavy atom. The summed E-state index contributed by atoms with van der Waals surface area (Å²) < 4.78 is 0. The Balaban J connectivity index is 3.71. The van der Waals surface area contributed by atoms with Gasteiger partial charge >= 0.3 is 0 Å². The van der Waals surface area contributed by atoms with Gasteiger partial charge in [-0.25, -0.2) is 0 Å². The van der Waals surface area contributed by atoms with Crippen LogP contribution in [-0.2, 0) is 0 Å². The lowest BCUT2D eigenvalue weighted by Crippen LogP contribution is -1.86. The number of allylic oxidation sites excluding steroid dienone is 3. The molecule has 0 unspecified atom stereocenters. The highest BCUT2D eigenvalue weighted by Gasteiger charge is 1.92. The van der Waals surface area contributed by atoms with Gasteiger partial charge in [-0.15, -0.1) is 0 Å². The SMILES string of the molecule is C/C(=C\C=C/S)CC(C)C. The third-order valence-electron chi connectivity index (χ3n) is 1.20. The van der Waals surface area contributed by atoms with Crippen molar-refractivity contribution in [2.45, 2.75) is 27.2 Å². The number of rotatable bonds is 3. The summed E-state index contributed by atoms with van der Waals surface area (Å²) in [6, 6.07) is 0. The molecule has 0 nitrogen and oxygen atoms in total. The summed E-state index contributed by atoms with van der Waals surface area (Å²) in [6.45, 7) is 6.59. The highest BCUT2D eigenvalue weighted by atomic mass is 32.1. The molecule has 0 bridgehead atoms. The molecule has 58 valence electrons. The molecule has 0 atom stereocenters. The van der Waals surface area contributed by atoms with Crippen LogP contribution < -0.4 is 0 Å². The molecule has 0 saturated carbocycles. The zero-order valence-corrected chi connectivity index (χ0v) is 7.86. The van der Waals surface area contributed by atoms with Crippen molar-refractivity contribution in [2.75, 3.05) is 0 Å². The molecule has 0 aromatic heterocycles. The van der Waals surface area contributed by atoms with Gasteiger partial charge in [0.1, 0.15) is 0 Å². The van der Waals surface area contributed by atoms with Crippen molar-refractivity contribution in [2.24, 2.45) is 5.92 Å². The lowest BCUT2D eigenvalue weighted by Gasteiger charge is -2.02. The van der Waals surface area contributed by atoms with Gasteiger partial charge in [0.25, 0.3) is 0 Å². The molecule has 1 heteroatoms. The van der Waals surface area contributed by atoms with Crippen LogP contribution in [0.25, 0.3) is 0 Å². The molecule has 0 fully saturated rings. The van der Waals surface area contributed by atoms with Gasteiger partial charge in [0.2, 0.25) is 0 Å². The van der Waals surface area contributed by atoms with Crippen molar-refractivity contribution < 1.29 is 0 Å². The minimum Gasteiger partial charge on any atom is -0.151 e. The molecule has 0 radical (unpaired) electrons. The van der Waals surface area contributed by atoms with Crippen LogP contribution in [-0.4, -0.2) is 0 Å². The fourth-order valence-electron chi connectivity index (χ4n) is 0.919. The van der Waals surface area contributed by atoms with Gasteiger partial charge in [0.15, 0.2) is 0 Å². The molecular weight excluding hydrogens is 140 g/mol. The zero-order valence-electron chi connectivity index (χ0n) is 6.96. The average Bonchev–Trinajstić information content (AvgIpc) is 1.82. The molecular formula is C9H16S. The average molecular weight is 156 g/mol. The van der Waals surface area contributed by atoms with Crippen LogP contribution in [0.4, 0.5) is 0 Å². The first-order chi connectivity index (χ1) is 4.66. The Bertz CT molecular complexity index is 132. The number of thiol groups is 1. The minimum absolute atomic E-state index is 0.754. The molecule has 0 aromatic rings. The predicted octanol–water partition coefficient (Wildman–Crippen LogP) is 3.42. The monoisotopic (exact) mass is 156 g/mol. The molecule has 0 spiro atoms. The third-order valence-corrected chi connectivity index (χ3v) is 1.37. The van der Waals surface area contributed by atoms with Crippen molar-refractivity contribution in [3.63, 3.8) is 0 Å². The van der Waals surface area contributed by atoms with Gasteiger partial charge in [0.05, 0.1) is 0 Å². The van der Waals surface area contributed by atoms with Crippen molar-refractivity contribution in [1.29, 1.82) is 0 Å². The second-order valence-corrected chi connectivity index (χ2v) is 3.25. The molecule has 10 heavy (non-hydrogen) atoms. The van der Waals surface area contributed by atoms with Gasteiger partial charge in [-0.1, -0.05) is 31.6 Å². The highest BCUT2D eigenvalue weighted by Crippen LogP contribution is 2.09. The molecule has 0 aromatic carbocycles. The van der Waals surface area contributed by atoms with E-state index in [1.807, 2.05) is 6.08 Å². The Morgan fingerprint density at radius 2 is 2.10 bits per heavy atom. The summed E-state index contributed by atoms with van der Waals surface area (Å²) in [5.41, 5.74) is 1.42. The van der Waals surface area contributed by atoms with E-state index in [0.717, 1.165) is 5.92 Å². The summed E-state index contributed by atoms with van der Waals surface area (Å²) in [4.78, 5) is 0. The lowest BCUT2D eigenvalue weighted by atomic mass is 10.0. The fourth-order valence-corrected chi connectivity index (χ4v) is 1.01. The maximum atomic E-state index is 3.96. The molecule has 0 aliphatic rings. The van der Waals surface area contributed by atoms with Crippen LogP contribution in [0, 0.1) is 5.92 Å². The number of hydrogen-bond acceptors (Lipinski definition) is 1. The molecule has 0 N–H and O–H groups in total. The first-order valence-electron chi connectivity index (χ1n) is 3.63. The van der Waals surface area contributed by atoms with Crippen molar-refractivity contribution in [1.82, 2.24) is 0 Å². The van der Waals surface area contributed by atoms with E-state index in [4.69, 9.17) is 0 Å². The third kappa shape index (κ3) is 5.96. The molecule has 0 aliphatic heterocycles. The summed E-state index contributed by atoms with van der Waals surface area (Å²) >= 11 is 3.96. The van der Waals surface area contributed by atoms with Gasteiger partial charge in [-0.3, -0.25) is 0 Å². The van der Waals surface area contributed by atoms with E-state index in [2.05, 4.69) is 39.5 Å². The molecule has 0 amide bonds. The highest BCUT2D eigenvalue weighted by molar-refractivity contribution is 7.83. The van der Waals surface area contributed by atoms with E-state index < -0.39 is 0 Å². The first kappa shape index (κ1) is 9.83. The standard InChI is InChI=1S/C9H16S/c1-8(2)7-9(3)5-4-6-10/h4-6,8,10H,7H2,1-3H3/b6-4-,9-5+. The molecule has 0 aliphatic carbocycles. The number of hydrogen-bond donors (Lipinski definition) is 1.